The van der Waals surface area contributed by atoms with Crippen LogP contribution in [0, 0.1) is 0 Å². The fourth-order valence-electron chi connectivity index (χ4n) is 1.38. The monoisotopic (exact) mass is 284 g/mol. The van der Waals surface area contributed by atoms with E-state index in [4.69, 9.17) is 5.73 Å². The first-order valence-corrected chi connectivity index (χ1v) is 6.02. The van der Waals surface area contributed by atoms with Gasteiger partial charge in [-0.2, -0.15) is 0 Å². The lowest BCUT2D eigenvalue weighted by Crippen LogP contribution is -2.31. The van der Waals surface area contributed by atoms with Gasteiger partial charge in [0.15, 0.2) is 0 Å². The van der Waals surface area contributed by atoms with Crippen LogP contribution in [-0.4, -0.2) is 23.9 Å². The van der Waals surface area contributed by atoms with E-state index in [1.807, 2.05) is 31.2 Å². The Morgan fingerprint density at radius 1 is 1.44 bits per heavy atom. The molecule has 0 aliphatic heterocycles. The molecular weight excluding hydrogens is 268 g/mol. The average Bonchev–Trinajstić information content (AvgIpc) is 2.20. The molecule has 0 aliphatic rings. The van der Waals surface area contributed by atoms with Crippen molar-refractivity contribution in [2.75, 3.05) is 7.05 Å². The molecule has 1 rings (SSSR count). The minimum Gasteiger partial charge on any atom is -0.341 e. The van der Waals surface area contributed by atoms with Gasteiger partial charge in [0.2, 0.25) is 5.91 Å². The third-order valence-electron chi connectivity index (χ3n) is 2.26. The van der Waals surface area contributed by atoms with Crippen molar-refractivity contribution in [2.24, 2.45) is 5.73 Å². The maximum Gasteiger partial charge on any atom is 0.224 e. The third-order valence-corrected chi connectivity index (χ3v) is 2.78. The summed E-state index contributed by atoms with van der Waals surface area (Å²) < 4.78 is 1.04. The maximum atomic E-state index is 11.7. The lowest BCUT2D eigenvalue weighted by Gasteiger charge is -2.18. The van der Waals surface area contributed by atoms with Gasteiger partial charge < -0.3 is 10.6 Å². The quantitative estimate of drug-likeness (QED) is 0.921. The second kappa shape index (κ2) is 6.01. The minimum atomic E-state index is -0.0835. The molecule has 16 heavy (non-hydrogen) atoms. The summed E-state index contributed by atoms with van der Waals surface area (Å²) in [6, 6.07) is 7.86. The van der Waals surface area contributed by atoms with Gasteiger partial charge in [0.25, 0.3) is 0 Å². The molecule has 4 heteroatoms. The Bertz CT molecular complexity index is 349. The number of halogens is 1. The summed E-state index contributed by atoms with van der Waals surface area (Å²) in [7, 11) is 1.80. The van der Waals surface area contributed by atoms with Gasteiger partial charge in [-0.15, -0.1) is 0 Å². The van der Waals surface area contributed by atoms with E-state index in [-0.39, 0.29) is 11.9 Å². The predicted molar refractivity (Wildman–Crippen MR) is 68.9 cm³/mol. The number of nitrogens with zero attached hydrogens (tertiary/aromatic N) is 1. The summed E-state index contributed by atoms with van der Waals surface area (Å²) in [6.07, 6.45) is 0.396. The molecule has 0 heterocycles. The predicted octanol–water partition coefficient (Wildman–Crippen LogP) is 2.14. The largest absolute Gasteiger partial charge is 0.341 e. The van der Waals surface area contributed by atoms with E-state index in [1.165, 1.54) is 0 Å². The summed E-state index contributed by atoms with van der Waals surface area (Å²) in [5.74, 6) is 0.0814. The molecule has 1 atom stereocenters. The summed E-state index contributed by atoms with van der Waals surface area (Å²) in [5, 5.41) is 0. The summed E-state index contributed by atoms with van der Waals surface area (Å²) in [5.41, 5.74) is 6.71. The first-order valence-electron chi connectivity index (χ1n) is 5.23. The molecule has 0 fully saturated rings. The van der Waals surface area contributed by atoms with Crippen molar-refractivity contribution in [3.05, 3.63) is 34.3 Å². The van der Waals surface area contributed by atoms with Crippen molar-refractivity contribution in [3.8, 4) is 0 Å². The van der Waals surface area contributed by atoms with Crippen molar-refractivity contribution in [1.29, 1.82) is 0 Å². The molecular formula is C12H17BrN2O. The number of benzene rings is 1. The van der Waals surface area contributed by atoms with E-state index in [0.717, 1.165) is 10.0 Å². The van der Waals surface area contributed by atoms with Crippen molar-refractivity contribution in [3.63, 3.8) is 0 Å². The van der Waals surface area contributed by atoms with Crippen LogP contribution in [-0.2, 0) is 11.3 Å². The SMILES string of the molecule is CC(N)CC(=O)N(C)Cc1ccc(Br)cc1. The zero-order chi connectivity index (χ0) is 12.1. The Kier molecular flexibility index (Phi) is 4.96. The number of carbonyl (C=O) groups excluding carboxylic acids is 1. The molecule has 0 aliphatic carbocycles. The Labute approximate surface area is 105 Å². The number of carbonyl (C=O) groups is 1. The van der Waals surface area contributed by atoms with Gasteiger partial charge in [0, 0.05) is 30.5 Å². The number of hydrogen-bond donors (Lipinski definition) is 1. The molecule has 1 unspecified atom stereocenters. The van der Waals surface area contributed by atoms with Crippen molar-refractivity contribution in [1.82, 2.24) is 4.90 Å². The standard InChI is InChI=1S/C12H17BrN2O/c1-9(14)7-12(16)15(2)8-10-3-5-11(13)6-4-10/h3-6,9H,7-8,14H2,1-2H3. The fraction of sp³-hybridized carbons (Fsp3) is 0.417. The fourth-order valence-corrected chi connectivity index (χ4v) is 1.65. The molecule has 0 aromatic heterocycles. The van der Waals surface area contributed by atoms with Gasteiger partial charge in [-0.1, -0.05) is 28.1 Å². The number of hydrogen-bond acceptors (Lipinski definition) is 2. The molecule has 1 aromatic rings. The van der Waals surface area contributed by atoms with Crippen LogP contribution in [0.2, 0.25) is 0 Å². The van der Waals surface area contributed by atoms with Crippen LogP contribution in [0.4, 0.5) is 0 Å². The summed E-state index contributed by atoms with van der Waals surface area (Å²) in [4.78, 5) is 13.4. The second-order valence-corrected chi connectivity index (χ2v) is 4.97. The molecule has 0 radical (unpaired) electrons. The zero-order valence-electron chi connectivity index (χ0n) is 9.61. The topological polar surface area (TPSA) is 46.3 Å². The van der Waals surface area contributed by atoms with E-state index in [0.29, 0.717) is 13.0 Å². The van der Waals surface area contributed by atoms with E-state index in [2.05, 4.69) is 15.9 Å². The lowest BCUT2D eigenvalue weighted by molar-refractivity contribution is -0.130. The highest BCUT2D eigenvalue weighted by Gasteiger charge is 2.10. The minimum absolute atomic E-state index is 0.0814. The van der Waals surface area contributed by atoms with Crippen molar-refractivity contribution >= 4 is 21.8 Å². The van der Waals surface area contributed by atoms with E-state index in [9.17, 15) is 4.79 Å². The molecule has 88 valence electrons. The maximum absolute atomic E-state index is 11.7. The number of nitrogens with two attached hydrogens (primary N) is 1. The molecule has 1 aromatic carbocycles. The van der Waals surface area contributed by atoms with Gasteiger partial charge in [-0.25, -0.2) is 0 Å². The van der Waals surface area contributed by atoms with Crippen LogP contribution in [0.1, 0.15) is 18.9 Å². The first-order chi connectivity index (χ1) is 7.49. The van der Waals surface area contributed by atoms with E-state index in [1.54, 1.807) is 11.9 Å². The summed E-state index contributed by atoms with van der Waals surface area (Å²) >= 11 is 3.38. The van der Waals surface area contributed by atoms with Crippen molar-refractivity contribution < 1.29 is 4.79 Å². The lowest BCUT2D eigenvalue weighted by atomic mass is 10.2. The Hall–Kier alpha value is -0.870. The number of amides is 1. The van der Waals surface area contributed by atoms with Gasteiger partial charge in [-0.05, 0) is 24.6 Å². The molecule has 0 bridgehead atoms. The third kappa shape index (κ3) is 4.33. The zero-order valence-corrected chi connectivity index (χ0v) is 11.2. The van der Waals surface area contributed by atoms with Crippen LogP contribution in [0.3, 0.4) is 0 Å². The smallest absolute Gasteiger partial charge is 0.224 e. The molecule has 0 spiro atoms. The Balaban J connectivity index is 2.53. The molecule has 0 saturated heterocycles. The highest BCUT2D eigenvalue weighted by atomic mass is 79.9. The van der Waals surface area contributed by atoms with Gasteiger partial charge >= 0.3 is 0 Å². The Morgan fingerprint density at radius 3 is 2.50 bits per heavy atom. The number of rotatable bonds is 4. The molecule has 3 nitrogen and oxygen atoms in total. The molecule has 0 saturated carbocycles. The average molecular weight is 285 g/mol. The van der Waals surface area contributed by atoms with E-state index < -0.39 is 0 Å². The van der Waals surface area contributed by atoms with Crippen LogP contribution >= 0.6 is 15.9 Å². The molecule has 1 amide bonds. The first kappa shape index (κ1) is 13.2. The van der Waals surface area contributed by atoms with Crippen LogP contribution in [0.5, 0.6) is 0 Å². The normalized spacial score (nSPS) is 12.2. The van der Waals surface area contributed by atoms with Crippen molar-refractivity contribution in [2.45, 2.75) is 25.9 Å². The van der Waals surface area contributed by atoms with Gasteiger partial charge in [0.1, 0.15) is 0 Å². The Morgan fingerprint density at radius 2 is 2.00 bits per heavy atom. The van der Waals surface area contributed by atoms with Crippen LogP contribution < -0.4 is 5.73 Å². The van der Waals surface area contributed by atoms with Crippen LogP contribution in [0.15, 0.2) is 28.7 Å². The highest BCUT2D eigenvalue weighted by molar-refractivity contribution is 9.10. The van der Waals surface area contributed by atoms with Crippen LogP contribution in [0.25, 0.3) is 0 Å². The highest BCUT2D eigenvalue weighted by Crippen LogP contribution is 2.12. The van der Waals surface area contributed by atoms with Gasteiger partial charge in [0.05, 0.1) is 0 Å². The second-order valence-electron chi connectivity index (χ2n) is 4.06. The summed E-state index contributed by atoms with van der Waals surface area (Å²) in [6.45, 7) is 2.46. The van der Waals surface area contributed by atoms with E-state index >= 15 is 0 Å². The van der Waals surface area contributed by atoms with Gasteiger partial charge in [-0.3, -0.25) is 4.79 Å². The molecule has 2 N–H and O–H groups in total.